The SMILES string of the molecule is Cc1ccccc1CC(=O)NCc1ccc2c(c1)N(C)C(=O)C(C)O2. The highest BCUT2D eigenvalue weighted by atomic mass is 16.5. The molecule has 1 aliphatic rings. The molecule has 0 aromatic heterocycles. The first-order valence-electron chi connectivity index (χ1n) is 8.34. The third kappa shape index (κ3) is 3.65. The lowest BCUT2D eigenvalue weighted by Crippen LogP contribution is -2.42. The van der Waals surface area contributed by atoms with E-state index in [-0.39, 0.29) is 11.8 Å². The minimum absolute atomic E-state index is 0.0266. The average molecular weight is 338 g/mol. The minimum atomic E-state index is -0.475. The van der Waals surface area contributed by atoms with Crippen LogP contribution in [-0.2, 0) is 22.6 Å². The van der Waals surface area contributed by atoms with Gasteiger partial charge < -0.3 is 15.0 Å². The molecule has 0 fully saturated rings. The predicted octanol–water partition coefficient (Wildman–Crippen LogP) is 2.60. The van der Waals surface area contributed by atoms with Gasteiger partial charge in [-0.25, -0.2) is 0 Å². The van der Waals surface area contributed by atoms with Gasteiger partial charge in [0.25, 0.3) is 5.91 Å². The zero-order valence-electron chi connectivity index (χ0n) is 14.7. The fourth-order valence-corrected chi connectivity index (χ4v) is 2.91. The van der Waals surface area contributed by atoms with Gasteiger partial charge in [0.2, 0.25) is 5.91 Å². The van der Waals surface area contributed by atoms with Crippen molar-refractivity contribution >= 4 is 17.5 Å². The molecule has 1 heterocycles. The summed E-state index contributed by atoms with van der Waals surface area (Å²) in [5.41, 5.74) is 3.79. The van der Waals surface area contributed by atoms with Crippen LogP contribution < -0.4 is 15.0 Å². The van der Waals surface area contributed by atoms with Crippen LogP contribution in [0, 0.1) is 6.92 Å². The molecule has 2 aromatic rings. The molecule has 0 saturated heterocycles. The molecule has 2 amide bonds. The van der Waals surface area contributed by atoms with Crippen molar-refractivity contribution in [3.63, 3.8) is 0 Å². The second kappa shape index (κ2) is 6.97. The number of benzene rings is 2. The van der Waals surface area contributed by atoms with E-state index in [2.05, 4.69) is 5.32 Å². The summed E-state index contributed by atoms with van der Waals surface area (Å²) in [6.07, 6.45) is -0.117. The van der Waals surface area contributed by atoms with Gasteiger partial charge in [-0.15, -0.1) is 0 Å². The maximum atomic E-state index is 12.2. The predicted molar refractivity (Wildman–Crippen MR) is 96.7 cm³/mol. The van der Waals surface area contributed by atoms with Crippen LogP contribution in [0.5, 0.6) is 5.75 Å². The third-order valence-electron chi connectivity index (χ3n) is 4.47. The number of anilines is 1. The van der Waals surface area contributed by atoms with E-state index in [9.17, 15) is 9.59 Å². The Balaban J connectivity index is 1.65. The molecule has 0 saturated carbocycles. The fourth-order valence-electron chi connectivity index (χ4n) is 2.91. The van der Waals surface area contributed by atoms with Crippen molar-refractivity contribution in [3.05, 3.63) is 59.2 Å². The van der Waals surface area contributed by atoms with E-state index < -0.39 is 6.10 Å². The van der Waals surface area contributed by atoms with Gasteiger partial charge in [-0.3, -0.25) is 9.59 Å². The number of ether oxygens (including phenoxy) is 1. The molecule has 3 rings (SSSR count). The highest BCUT2D eigenvalue weighted by Crippen LogP contribution is 2.33. The van der Waals surface area contributed by atoms with E-state index in [0.29, 0.717) is 18.7 Å². The molecule has 5 nitrogen and oxygen atoms in total. The lowest BCUT2D eigenvalue weighted by molar-refractivity contribution is -0.125. The number of nitrogens with zero attached hydrogens (tertiary/aromatic N) is 1. The Kier molecular flexibility index (Phi) is 4.74. The van der Waals surface area contributed by atoms with Crippen molar-refractivity contribution < 1.29 is 14.3 Å². The number of likely N-dealkylation sites (N-methyl/N-ethyl adjacent to an activating group) is 1. The molecule has 130 valence electrons. The van der Waals surface area contributed by atoms with E-state index in [4.69, 9.17) is 4.74 Å². The molecule has 0 spiro atoms. The van der Waals surface area contributed by atoms with Crippen LogP contribution in [-0.4, -0.2) is 25.0 Å². The van der Waals surface area contributed by atoms with Crippen LogP contribution in [0.2, 0.25) is 0 Å². The van der Waals surface area contributed by atoms with Crippen LogP contribution in [0.25, 0.3) is 0 Å². The lowest BCUT2D eigenvalue weighted by atomic mass is 10.1. The monoisotopic (exact) mass is 338 g/mol. The van der Waals surface area contributed by atoms with Crippen LogP contribution in [0.4, 0.5) is 5.69 Å². The van der Waals surface area contributed by atoms with E-state index in [1.54, 1.807) is 18.9 Å². The number of amides is 2. The molecule has 0 bridgehead atoms. The molecule has 25 heavy (non-hydrogen) atoms. The summed E-state index contributed by atoms with van der Waals surface area (Å²) in [4.78, 5) is 25.8. The smallest absolute Gasteiger partial charge is 0.267 e. The summed E-state index contributed by atoms with van der Waals surface area (Å²) in [6.45, 7) is 4.15. The highest BCUT2D eigenvalue weighted by molar-refractivity contribution is 5.99. The summed E-state index contributed by atoms with van der Waals surface area (Å²) >= 11 is 0. The number of carbonyl (C=O) groups is 2. The highest BCUT2D eigenvalue weighted by Gasteiger charge is 2.28. The lowest BCUT2D eigenvalue weighted by Gasteiger charge is -2.30. The number of carbonyl (C=O) groups excluding carboxylic acids is 2. The van der Waals surface area contributed by atoms with Crippen LogP contribution in [0.3, 0.4) is 0 Å². The summed E-state index contributed by atoms with van der Waals surface area (Å²) < 4.78 is 5.61. The summed E-state index contributed by atoms with van der Waals surface area (Å²) in [6, 6.07) is 13.5. The Morgan fingerprint density at radius 3 is 2.76 bits per heavy atom. The first-order chi connectivity index (χ1) is 12.0. The molecule has 1 N–H and O–H groups in total. The van der Waals surface area contributed by atoms with E-state index in [0.717, 1.165) is 22.4 Å². The molecule has 5 heteroatoms. The summed E-state index contributed by atoms with van der Waals surface area (Å²) in [5.74, 6) is 0.583. The molecular formula is C20H22N2O3. The van der Waals surface area contributed by atoms with Crippen LogP contribution in [0.1, 0.15) is 23.6 Å². The molecule has 0 radical (unpaired) electrons. The molecule has 2 aromatic carbocycles. The maximum absolute atomic E-state index is 12.2. The quantitative estimate of drug-likeness (QED) is 0.932. The first-order valence-corrected chi connectivity index (χ1v) is 8.34. The Bertz CT molecular complexity index is 816. The first kappa shape index (κ1) is 17.0. The second-order valence-electron chi connectivity index (χ2n) is 6.34. The van der Waals surface area contributed by atoms with Crippen molar-refractivity contribution in [1.82, 2.24) is 5.32 Å². The Morgan fingerprint density at radius 1 is 1.24 bits per heavy atom. The van der Waals surface area contributed by atoms with Crippen molar-refractivity contribution in [1.29, 1.82) is 0 Å². The van der Waals surface area contributed by atoms with Gasteiger partial charge in [0.15, 0.2) is 6.10 Å². The number of rotatable bonds is 4. The minimum Gasteiger partial charge on any atom is -0.479 e. The van der Waals surface area contributed by atoms with Crippen molar-refractivity contribution in [2.24, 2.45) is 0 Å². The summed E-state index contributed by atoms with van der Waals surface area (Å²) in [5, 5.41) is 2.93. The molecular weight excluding hydrogens is 316 g/mol. The van der Waals surface area contributed by atoms with Crippen molar-refractivity contribution in [3.8, 4) is 5.75 Å². The Labute approximate surface area is 147 Å². The molecule has 0 aliphatic carbocycles. The normalized spacial score (nSPS) is 16.2. The van der Waals surface area contributed by atoms with E-state index in [1.165, 1.54) is 0 Å². The van der Waals surface area contributed by atoms with Crippen molar-refractivity contribution in [2.45, 2.75) is 32.9 Å². The van der Waals surface area contributed by atoms with Gasteiger partial charge in [0.1, 0.15) is 5.75 Å². The van der Waals surface area contributed by atoms with Crippen LogP contribution in [0.15, 0.2) is 42.5 Å². The second-order valence-corrected chi connectivity index (χ2v) is 6.34. The number of nitrogens with one attached hydrogen (secondary N) is 1. The standard InChI is InChI=1S/C20H22N2O3/c1-13-6-4-5-7-16(13)11-19(23)21-12-15-8-9-18-17(10-15)22(3)20(24)14(2)25-18/h4-10,14H,11-12H2,1-3H3,(H,21,23). The van der Waals surface area contributed by atoms with Gasteiger partial charge in [0, 0.05) is 13.6 Å². The van der Waals surface area contributed by atoms with Crippen LogP contribution >= 0.6 is 0 Å². The van der Waals surface area contributed by atoms with E-state index >= 15 is 0 Å². The van der Waals surface area contributed by atoms with Gasteiger partial charge in [-0.1, -0.05) is 30.3 Å². The number of hydrogen-bond donors (Lipinski definition) is 1. The van der Waals surface area contributed by atoms with Crippen molar-refractivity contribution in [2.75, 3.05) is 11.9 Å². The van der Waals surface area contributed by atoms with E-state index in [1.807, 2.05) is 49.4 Å². The van der Waals surface area contributed by atoms with Gasteiger partial charge >= 0.3 is 0 Å². The van der Waals surface area contributed by atoms with Gasteiger partial charge in [0.05, 0.1) is 12.1 Å². The zero-order chi connectivity index (χ0) is 18.0. The summed E-state index contributed by atoms with van der Waals surface area (Å²) in [7, 11) is 1.74. The van der Waals surface area contributed by atoms with Gasteiger partial charge in [-0.2, -0.15) is 0 Å². The molecule has 1 atom stereocenters. The maximum Gasteiger partial charge on any atom is 0.267 e. The number of fused-ring (bicyclic) bond motifs is 1. The fraction of sp³-hybridized carbons (Fsp3) is 0.300. The topological polar surface area (TPSA) is 58.6 Å². The van der Waals surface area contributed by atoms with Gasteiger partial charge in [-0.05, 0) is 42.7 Å². The largest absolute Gasteiger partial charge is 0.479 e. The zero-order valence-corrected chi connectivity index (χ0v) is 14.7. The number of hydrogen-bond acceptors (Lipinski definition) is 3. The third-order valence-corrected chi connectivity index (χ3v) is 4.47. The molecule has 1 aliphatic heterocycles. The average Bonchev–Trinajstić information content (AvgIpc) is 2.60. The Morgan fingerprint density at radius 2 is 2.00 bits per heavy atom. The number of aryl methyl sites for hydroxylation is 1. The molecule has 1 unspecified atom stereocenters. The Hall–Kier alpha value is -2.82.